The number of hydrogen-bond acceptors (Lipinski definition) is 1. The van der Waals surface area contributed by atoms with Gasteiger partial charge in [-0.05, 0) is 25.3 Å². The molecule has 0 atom stereocenters. The molecule has 0 heterocycles. The molecule has 0 radical (unpaired) electrons. The van der Waals surface area contributed by atoms with Crippen molar-refractivity contribution >= 4 is 0 Å². The predicted molar refractivity (Wildman–Crippen MR) is 29.2 cm³/mol. The molecule has 1 nitrogen and oxygen atoms in total. The van der Waals surface area contributed by atoms with Crippen LogP contribution < -0.4 is 0 Å². The lowest BCUT2D eigenvalue weighted by atomic mass is 10.3. The Morgan fingerprint density at radius 2 is 2.14 bits per heavy atom. The zero-order valence-electron chi connectivity index (χ0n) is 4.57. The molecule has 0 bridgehead atoms. The van der Waals surface area contributed by atoms with E-state index in [9.17, 15) is 0 Å². The second-order valence-electron chi connectivity index (χ2n) is 2.08. The van der Waals surface area contributed by atoms with Gasteiger partial charge in [-0.2, -0.15) is 0 Å². The van der Waals surface area contributed by atoms with Crippen molar-refractivity contribution in [2.75, 3.05) is 0 Å². The van der Waals surface area contributed by atoms with Crippen molar-refractivity contribution in [2.24, 2.45) is 0 Å². The maximum Gasteiger partial charge on any atom is 0.0911 e. The van der Waals surface area contributed by atoms with E-state index in [1.807, 2.05) is 6.92 Å². The van der Waals surface area contributed by atoms with Crippen LogP contribution in [0.15, 0.2) is 11.3 Å². The summed E-state index contributed by atoms with van der Waals surface area (Å²) in [6, 6.07) is 0. The second kappa shape index (κ2) is 1.57. The van der Waals surface area contributed by atoms with E-state index < -0.39 is 0 Å². The van der Waals surface area contributed by atoms with Crippen LogP contribution in [0.25, 0.3) is 0 Å². The normalized spacial score (nSPS) is 21.3. The van der Waals surface area contributed by atoms with Crippen molar-refractivity contribution in [1.29, 1.82) is 0 Å². The molecular weight excluding hydrogens is 88.1 g/mol. The van der Waals surface area contributed by atoms with Gasteiger partial charge < -0.3 is 5.11 Å². The van der Waals surface area contributed by atoms with Crippen LogP contribution >= 0.6 is 0 Å². The molecule has 0 saturated carbocycles. The Labute approximate surface area is 43.7 Å². The standard InChI is InChI=1S/C6H10O/c1-5-3-2-4-6(5)7/h7H,2-4H2,1H3. The molecule has 1 rings (SSSR count). The molecular formula is C6H10O. The lowest BCUT2D eigenvalue weighted by Gasteiger charge is -1.86. The van der Waals surface area contributed by atoms with Crippen molar-refractivity contribution in [2.45, 2.75) is 26.2 Å². The third kappa shape index (κ3) is 0.763. The lowest BCUT2D eigenvalue weighted by molar-refractivity contribution is 0.393. The number of aliphatic hydroxyl groups is 1. The third-order valence-corrected chi connectivity index (χ3v) is 1.46. The van der Waals surface area contributed by atoms with Crippen LogP contribution in [0.4, 0.5) is 0 Å². The smallest absolute Gasteiger partial charge is 0.0911 e. The van der Waals surface area contributed by atoms with Crippen molar-refractivity contribution in [1.82, 2.24) is 0 Å². The van der Waals surface area contributed by atoms with E-state index in [1.165, 1.54) is 5.57 Å². The summed E-state index contributed by atoms with van der Waals surface area (Å²) in [5, 5.41) is 8.88. The first-order chi connectivity index (χ1) is 3.30. The van der Waals surface area contributed by atoms with Crippen LogP contribution in [0.1, 0.15) is 26.2 Å². The van der Waals surface area contributed by atoms with E-state index in [-0.39, 0.29) is 0 Å². The largest absolute Gasteiger partial charge is 0.512 e. The Morgan fingerprint density at radius 3 is 2.29 bits per heavy atom. The van der Waals surface area contributed by atoms with Gasteiger partial charge in [0.15, 0.2) is 0 Å². The maximum atomic E-state index is 8.88. The van der Waals surface area contributed by atoms with Gasteiger partial charge in [-0.25, -0.2) is 0 Å². The number of rotatable bonds is 0. The Kier molecular flexibility index (Phi) is 1.05. The van der Waals surface area contributed by atoms with Gasteiger partial charge in [-0.1, -0.05) is 0 Å². The number of hydrogen-bond donors (Lipinski definition) is 1. The van der Waals surface area contributed by atoms with Crippen molar-refractivity contribution < 1.29 is 5.11 Å². The zero-order chi connectivity index (χ0) is 5.28. The van der Waals surface area contributed by atoms with Crippen LogP contribution in [0, 0.1) is 0 Å². The van der Waals surface area contributed by atoms with Crippen LogP contribution in [0.5, 0.6) is 0 Å². The average Bonchev–Trinajstić information content (AvgIpc) is 1.91. The minimum atomic E-state index is 0.625. The summed E-state index contributed by atoms with van der Waals surface area (Å²) in [7, 11) is 0. The molecule has 0 spiro atoms. The molecule has 0 fully saturated rings. The minimum Gasteiger partial charge on any atom is -0.512 e. The molecule has 0 unspecified atom stereocenters. The highest BCUT2D eigenvalue weighted by molar-refractivity contribution is 5.09. The molecule has 0 aromatic rings. The van der Waals surface area contributed by atoms with Crippen LogP contribution in [-0.4, -0.2) is 5.11 Å². The zero-order valence-corrected chi connectivity index (χ0v) is 4.57. The fraction of sp³-hybridized carbons (Fsp3) is 0.667. The van der Waals surface area contributed by atoms with E-state index in [0.717, 1.165) is 19.3 Å². The Morgan fingerprint density at radius 1 is 1.43 bits per heavy atom. The quantitative estimate of drug-likeness (QED) is 0.491. The van der Waals surface area contributed by atoms with Crippen molar-refractivity contribution in [3.63, 3.8) is 0 Å². The van der Waals surface area contributed by atoms with Gasteiger partial charge >= 0.3 is 0 Å². The fourth-order valence-corrected chi connectivity index (χ4v) is 0.879. The SMILES string of the molecule is CC1=C(O)CCC1. The molecule has 0 aromatic heterocycles. The number of aliphatic hydroxyl groups excluding tert-OH is 1. The van der Waals surface area contributed by atoms with Gasteiger partial charge in [0, 0.05) is 6.42 Å². The summed E-state index contributed by atoms with van der Waals surface area (Å²) < 4.78 is 0. The molecule has 40 valence electrons. The minimum absolute atomic E-state index is 0.625. The molecule has 0 aliphatic heterocycles. The van der Waals surface area contributed by atoms with Gasteiger partial charge in [0.25, 0.3) is 0 Å². The Bertz CT molecular complexity index is 90.7. The molecule has 1 aliphatic carbocycles. The molecule has 0 aromatic carbocycles. The first-order valence-corrected chi connectivity index (χ1v) is 2.68. The topological polar surface area (TPSA) is 20.2 Å². The van der Waals surface area contributed by atoms with Gasteiger partial charge in [-0.15, -0.1) is 0 Å². The summed E-state index contributed by atoms with van der Waals surface area (Å²) in [6.45, 7) is 1.99. The van der Waals surface area contributed by atoms with Crippen LogP contribution in [-0.2, 0) is 0 Å². The van der Waals surface area contributed by atoms with E-state index >= 15 is 0 Å². The van der Waals surface area contributed by atoms with Gasteiger partial charge in [0.05, 0.1) is 5.76 Å². The highest BCUT2D eigenvalue weighted by atomic mass is 16.3. The summed E-state index contributed by atoms with van der Waals surface area (Å²) >= 11 is 0. The summed E-state index contributed by atoms with van der Waals surface area (Å²) in [5.41, 5.74) is 1.18. The summed E-state index contributed by atoms with van der Waals surface area (Å²) in [6.07, 6.45) is 3.16. The lowest BCUT2D eigenvalue weighted by Crippen LogP contribution is -1.72. The molecule has 7 heavy (non-hydrogen) atoms. The molecule has 1 aliphatic rings. The highest BCUT2D eigenvalue weighted by Crippen LogP contribution is 2.22. The maximum absolute atomic E-state index is 8.88. The van der Waals surface area contributed by atoms with E-state index in [0.29, 0.717) is 5.76 Å². The van der Waals surface area contributed by atoms with Gasteiger partial charge in [0.2, 0.25) is 0 Å². The molecule has 0 saturated heterocycles. The van der Waals surface area contributed by atoms with Crippen molar-refractivity contribution in [3.8, 4) is 0 Å². The highest BCUT2D eigenvalue weighted by Gasteiger charge is 2.06. The molecule has 0 amide bonds. The van der Waals surface area contributed by atoms with Gasteiger partial charge in [-0.3, -0.25) is 0 Å². The Hall–Kier alpha value is -0.460. The first kappa shape index (κ1) is 4.69. The van der Waals surface area contributed by atoms with Crippen molar-refractivity contribution in [3.05, 3.63) is 11.3 Å². The summed E-state index contributed by atoms with van der Waals surface area (Å²) in [5.74, 6) is 0.625. The monoisotopic (exact) mass is 98.1 g/mol. The molecule has 1 N–H and O–H groups in total. The first-order valence-electron chi connectivity index (χ1n) is 2.68. The second-order valence-corrected chi connectivity index (χ2v) is 2.08. The molecule has 1 heteroatoms. The third-order valence-electron chi connectivity index (χ3n) is 1.46. The predicted octanol–water partition coefficient (Wildman–Crippen LogP) is 2.00. The van der Waals surface area contributed by atoms with E-state index in [2.05, 4.69) is 0 Å². The van der Waals surface area contributed by atoms with Crippen LogP contribution in [0.3, 0.4) is 0 Å². The summed E-state index contributed by atoms with van der Waals surface area (Å²) in [4.78, 5) is 0. The Balaban J connectivity index is 2.64. The number of allylic oxidation sites excluding steroid dienone is 2. The van der Waals surface area contributed by atoms with E-state index in [1.54, 1.807) is 0 Å². The van der Waals surface area contributed by atoms with Gasteiger partial charge in [0.1, 0.15) is 0 Å². The average molecular weight is 98.1 g/mol. The van der Waals surface area contributed by atoms with E-state index in [4.69, 9.17) is 5.11 Å². The van der Waals surface area contributed by atoms with Crippen LogP contribution in [0.2, 0.25) is 0 Å². The fourth-order valence-electron chi connectivity index (χ4n) is 0.879.